The quantitative estimate of drug-likeness (QED) is 0.370. The molecule has 8 nitrogen and oxygen atoms in total. The van der Waals surface area contributed by atoms with E-state index in [0.717, 1.165) is 78.3 Å². The Balaban J connectivity index is 1.28. The van der Waals surface area contributed by atoms with Crippen LogP contribution in [0.15, 0.2) is 41.8 Å². The Hall–Kier alpha value is -3.37. The van der Waals surface area contributed by atoms with Crippen molar-refractivity contribution < 1.29 is 9.18 Å². The lowest BCUT2D eigenvalue weighted by atomic mass is 10.1. The highest BCUT2D eigenvalue weighted by Gasteiger charge is 2.31. The van der Waals surface area contributed by atoms with Crippen molar-refractivity contribution in [3.63, 3.8) is 0 Å². The average Bonchev–Trinajstić information content (AvgIpc) is 3.67. The fourth-order valence-electron chi connectivity index (χ4n) is 5.38. The maximum atomic E-state index is 13.4. The van der Waals surface area contributed by atoms with E-state index in [1.165, 1.54) is 23.5 Å². The summed E-state index contributed by atoms with van der Waals surface area (Å²) < 4.78 is 15.3. The second-order valence-electron chi connectivity index (χ2n) is 9.78. The van der Waals surface area contributed by atoms with E-state index in [2.05, 4.69) is 16.7 Å². The maximum absolute atomic E-state index is 13.4. The Morgan fingerprint density at radius 3 is 2.76 bits per heavy atom. The summed E-state index contributed by atoms with van der Waals surface area (Å²) in [5, 5.41) is 7.84. The molecule has 0 radical (unpaired) electrons. The molecule has 3 aromatic heterocycles. The first-order valence-electron chi connectivity index (χ1n) is 12.8. The molecule has 2 aliphatic heterocycles. The van der Waals surface area contributed by atoms with Gasteiger partial charge in [-0.05, 0) is 62.2 Å². The van der Waals surface area contributed by atoms with E-state index in [1.807, 2.05) is 34.0 Å². The zero-order valence-electron chi connectivity index (χ0n) is 21.1. The van der Waals surface area contributed by atoms with Crippen LogP contribution in [0, 0.1) is 5.82 Å². The number of aryl methyl sites for hydroxylation is 1. The third-order valence-corrected chi connectivity index (χ3v) is 8.28. The number of fused-ring (bicyclic) bond motifs is 1. The van der Waals surface area contributed by atoms with Crippen molar-refractivity contribution in [3.05, 3.63) is 53.3 Å². The topological polar surface area (TPSA) is 69.9 Å². The van der Waals surface area contributed by atoms with Gasteiger partial charge in [0.15, 0.2) is 16.6 Å². The van der Waals surface area contributed by atoms with Gasteiger partial charge in [0.25, 0.3) is 0 Å². The summed E-state index contributed by atoms with van der Waals surface area (Å²) in [6, 6.07) is 10.9. The molecule has 5 heterocycles. The normalized spacial score (nSPS) is 18.7. The van der Waals surface area contributed by atoms with Gasteiger partial charge in [0, 0.05) is 43.5 Å². The number of halogens is 1. The largest absolute Gasteiger partial charge is 0.354 e. The minimum Gasteiger partial charge on any atom is -0.354 e. The fourth-order valence-corrected chi connectivity index (χ4v) is 6.19. The van der Waals surface area contributed by atoms with Gasteiger partial charge in [-0.15, -0.1) is 16.4 Å². The van der Waals surface area contributed by atoms with E-state index in [9.17, 15) is 9.18 Å². The standard InChI is InChI=1S/C27H30FN7OS/c1-3-22-26(32(2)27-30-23(17-37-27)18-6-8-19(28)9-7-18)35-24(29-22)10-11-25(31-35)34-14-12-20(15-34)33-13-4-5-21(36)16-33/h6-11,17,20H,3-5,12-16H2,1-2H3. The molecule has 4 aromatic rings. The van der Waals surface area contributed by atoms with Crippen LogP contribution in [-0.4, -0.2) is 69.5 Å². The molecule has 6 rings (SSSR count). The third-order valence-electron chi connectivity index (χ3n) is 7.36. The van der Waals surface area contributed by atoms with Gasteiger partial charge < -0.3 is 9.80 Å². The molecule has 1 unspecified atom stereocenters. The number of hydrogen-bond acceptors (Lipinski definition) is 8. The molecule has 2 fully saturated rings. The van der Waals surface area contributed by atoms with Gasteiger partial charge in [-0.3, -0.25) is 9.69 Å². The summed E-state index contributed by atoms with van der Waals surface area (Å²) in [4.78, 5) is 28.3. The van der Waals surface area contributed by atoms with Gasteiger partial charge in [0.2, 0.25) is 0 Å². The van der Waals surface area contributed by atoms with Crippen LogP contribution in [0.25, 0.3) is 16.9 Å². The highest BCUT2D eigenvalue weighted by atomic mass is 32.1. The highest BCUT2D eigenvalue weighted by molar-refractivity contribution is 7.14. The summed E-state index contributed by atoms with van der Waals surface area (Å²) >= 11 is 1.54. The van der Waals surface area contributed by atoms with E-state index in [0.29, 0.717) is 24.8 Å². The summed E-state index contributed by atoms with van der Waals surface area (Å²) in [6.45, 7) is 5.47. The number of hydrogen-bond donors (Lipinski definition) is 0. The van der Waals surface area contributed by atoms with E-state index in [1.54, 1.807) is 12.1 Å². The molecule has 0 aliphatic carbocycles. The Bertz CT molecular complexity index is 1430. The Labute approximate surface area is 219 Å². The lowest BCUT2D eigenvalue weighted by molar-refractivity contribution is -0.122. The van der Waals surface area contributed by atoms with Crippen LogP contribution in [0.2, 0.25) is 0 Å². The van der Waals surface area contributed by atoms with E-state index in [-0.39, 0.29) is 5.82 Å². The molecule has 1 aromatic carbocycles. The van der Waals surface area contributed by atoms with Crippen molar-refractivity contribution in [1.82, 2.24) is 24.5 Å². The monoisotopic (exact) mass is 519 g/mol. The molecule has 10 heteroatoms. The number of carbonyl (C=O) groups is 1. The van der Waals surface area contributed by atoms with Gasteiger partial charge in [-0.1, -0.05) is 6.92 Å². The minimum absolute atomic E-state index is 0.259. The van der Waals surface area contributed by atoms with Gasteiger partial charge in [0.1, 0.15) is 17.4 Å². The second-order valence-corrected chi connectivity index (χ2v) is 10.6. The zero-order valence-corrected chi connectivity index (χ0v) is 21.9. The Morgan fingerprint density at radius 2 is 1.97 bits per heavy atom. The van der Waals surface area contributed by atoms with Crippen molar-refractivity contribution in [3.8, 4) is 11.3 Å². The van der Waals surface area contributed by atoms with Crippen LogP contribution in [0.4, 0.5) is 21.2 Å². The van der Waals surface area contributed by atoms with Crippen LogP contribution < -0.4 is 9.80 Å². The average molecular weight is 520 g/mol. The van der Waals surface area contributed by atoms with Crippen LogP contribution in [0.1, 0.15) is 31.9 Å². The van der Waals surface area contributed by atoms with Crippen molar-refractivity contribution in [2.24, 2.45) is 0 Å². The molecule has 192 valence electrons. The first-order chi connectivity index (χ1) is 18.0. The zero-order chi connectivity index (χ0) is 25.5. The number of benzene rings is 1. The summed E-state index contributed by atoms with van der Waals surface area (Å²) in [5.74, 6) is 1.91. The van der Waals surface area contributed by atoms with Crippen molar-refractivity contribution in [2.45, 2.75) is 38.6 Å². The van der Waals surface area contributed by atoms with Gasteiger partial charge in [0.05, 0.1) is 17.9 Å². The number of imidazole rings is 1. The van der Waals surface area contributed by atoms with E-state index < -0.39 is 0 Å². The number of ketones is 1. The highest BCUT2D eigenvalue weighted by Crippen LogP contribution is 2.34. The minimum atomic E-state index is -0.259. The SMILES string of the molecule is CCc1nc2ccc(N3CCC(N4CCCC(=O)C4)C3)nn2c1N(C)c1nc(-c2ccc(F)cc2)cs1. The number of carbonyl (C=O) groups excluding carboxylic acids is 1. The molecule has 2 saturated heterocycles. The smallest absolute Gasteiger partial charge is 0.191 e. The molecule has 0 N–H and O–H groups in total. The first-order valence-corrected chi connectivity index (χ1v) is 13.7. The van der Waals surface area contributed by atoms with Gasteiger partial charge >= 0.3 is 0 Å². The van der Waals surface area contributed by atoms with Gasteiger partial charge in [-0.25, -0.2) is 14.4 Å². The summed E-state index contributed by atoms with van der Waals surface area (Å²) in [7, 11) is 1.99. The lowest BCUT2D eigenvalue weighted by Crippen LogP contribution is -2.44. The van der Waals surface area contributed by atoms with E-state index in [4.69, 9.17) is 15.1 Å². The molecule has 0 spiro atoms. The third kappa shape index (κ3) is 4.59. The summed E-state index contributed by atoms with van der Waals surface area (Å²) in [6.07, 6.45) is 3.48. The lowest BCUT2D eigenvalue weighted by Gasteiger charge is -2.31. The first kappa shape index (κ1) is 24.0. The number of rotatable bonds is 6. The maximum Gasteiger partial charge on any atom is 0.191 e. The fraction of sp³-hybridized carbons (Fsp3) is 0.407. The van der Waals surface area contributed by atoms with Crippen LogP contribution in [0.3, 0.4) is 0 Å². The number of thiazole rings is 1. The predicted octanol–water partition coefficient (Wildman–Crippen LogP) is 4.57. The number of likely N-dealkylation sites (tertiary alicyclic amines) is 1. The van der Waals surface area contributed by atoms with Crippen molar-refractivity contribution in [2.75, 3.05) is 43.0 Å². The molecule has 2 aliphatic rings. The number of aromatic nitrogens is 4. The second kappa shape index (κ2) is 9.83. The Morgan fingerprint density at radius 1 is 1.14 bits per heavy atom. The van der Waals surface area contributed by atoms with Crippen LogP contribution >= 0.6 is 11.3 Å². The molecular formula is C27H30FN7OS. The molecule has 0 saturated carbocycles. The number of nitrogens with zero attached hydrogens (tertiary/aromatic N) is 7. The molecular weight excluding hydrogens is 489 g/mol. The van der Waals surface area contributed by atoms with Crippen molar-refractivity contribution in [1.29, 1.82) is 0 Å². The predicted molar refractivity (Wildman–Crippen MR) is 144 cm³/mol. The van der Waals surface area contributed by atoms with Crippen molar-refractivity contribution >= 4 is 39.5 Å². The number of Topliss-reactive ketones (excluding diaryl/α,β-unsaturated/α-hetero) is 1. The van der Waals surface area contributed by atoms with E-state index >= 15 is 0 Å². The Kier molecular flexibility index (Phi) is 6.37. The molecule has 0 bridgehead atoms. The van der Waals surface area contributed by atoms with Crippen LogP contribution in [0.5, 0.6) is 0 Å². The molecule has 37 heavy (non-hydrogen) atoms. The summed E-state index contributed by atoms with van der Waals surface area (Å²) in [5.41, 5.74) is 3.45. The number of piperidine rings is 1. The van der Waals surface area contributed by atoms with Crippen LogP contribution in [-0.2, 0) is 11.2 Å². The molecule has 0 amide bonds. The number of anilines is 3. The van der Waals surface area contributed by atoms with Gasteiger partial charge in [-0.2, -0.15) is 4.52 Å². The molecule has 1 atom stereocenters.